The number of benzene rings is 1. The van der Waals surface area contributed by atoms with Crippen LogP contribution in [0.25, 0.3) is 0 Å². The molecule has 0 saturated heterocycles. The number of aliphatic hydroxyl groups is 1. The van der Waals surface area contributed by atoms with Gasteiger partial charge < -0.3 is 35.8 Å². The number of nitrogens with one attached hydrogen (secondary N) is 2. The quantitative estimate of drug-likeness (QED) is 0.179. The molecule has 10 nitrogen and oxygen atoms in total. The Morgan fingerprint density at radius 2 is 1.61 bits per heavy atom. The SMILES string of the molecule is COCCCCOc1ccccc1C(=O)NC[C@H](C[C@H](N)[C@@H](O)C[C@@H](C(=O)NCC(=O)N(C)C)C(C)C)C(C)C.Cl. The molecule has 1 aromatic rings. The summed E-state index contributed by atoms with van der Waals surface area (Å²) in [6.45, 7) is 9.39. The second-order valence-corrected chi connectivity index (χ2v) is 11.3. The number of methoxy groups -OCH3 is 1. The minimum Gasteiger partial charge on any atom is -0.493 e. The largest absolute Gasteiger partial charge is 0.493 e. The van der Waals surface area contributed by atoms with Crippen LogP contribution in [0.1, 0.15) is 63.7 Å². The molecule has 0 aliphatic rings. The van der Waals surface area contributed by atoms with Crippen molar-refractivity contribution in [1.82, 2.24) is 15.5 Å². The number of carbonyl (C=O) groups is 3. The number of amides is 3. The Kier molecular flexibility index (Phi) is 19.3. The molecule has 0 fully saturated rings. The molecule has 41 heavy (non-hydrogen) atoms. The van der Waals surface area contributed by atoms with Gasteiger partial charge in [-0.25, -0.2) is 0 Å². The molecule has 0 saturated carbocycles. The van der Waals surface area contributed by atoms with Gasteiger partial charge in [-0.05, 0) is 55.6 Å². The van der Waals surface area contributed by atoms with Crippen molar-refractivity contribution >= 4 is 30.1 Å². The third-order valence-corrected chi connectivity index (χ3v) is 7.22. The van der Waals surface area contributed by atoms with Crippen molar-refractivity contribution in [3.8, 4) is 5.75 Å². The molecule has 1 rings (SSSR count). The summed E-state index contributed by atoms with van der Waals surface area (Å²) < 4.78 is 10.9. The molecule has 236 valence electrons. The summed E-state index contributed by atoms with van der Waals surface area (Å²) in [6, 6.07) is 6.59. The van der Waals surface area contributed by atoms with E-state index in [0.29, 0.717) is 37.5 Å². The predicted molar refractivity (Wildman–Crippen MR) is 164 cm³/mol. The van der Waals surface area contributed by atoms with E-state index in [-0.39, 0.29) is 60.8 Å². The molecule has 0 spiro atoms. The highest BCUT2D eigenvalue weighted by Gasteiger charge is 2.30. The Hall–Kier alpha value is -2.40. The number of unbranched alkanes of at least 4 members (excludes halogenated alkanes) is 1. The number of rotatable bonds is 19. The summed E-state index contributed by atoms with van der Waals surface area (Å²) in [5, 5.41) is 16.6. The maximum atomic E-state index is 13.0. The molecule has 0 heterocycles. The van der Waals surface area contributed by atoms with E-state index in [0.717, 1.165) is 12.8 Å². The van der Waals surface area contributed by atoms with Crippen LogP contribution in [0, 0.1) is 23.7 Å². The Morgan fingerprint density at radius 1 is 0.976 bits per heavy atom. The first-order chi connectivity index (χ1) is 18.9. The van der Waals surface area contributed by atoms with Crippen molar-refractivity contribution in [2.24, 2.45) is 29.4 Å². The highest BCUT2D eigenvalue weighted by atomic mass is 35.5. The van der Waals surface area contributed by atoms with Crippen molar-refractivity contribution in [2.45, 2.75) is 65.5 Å². The second kappa shape index (κ2) is 20.5. The number of likely N-dealkylation sites (N-methyl/N-ethyl adjacent to an activating group) is 1. The fraction of sp³-hybridized carbons (Fsp3) is 0.700. The molecular weight excluding hydrogens is 548 g/mol. The smallest absolute Gasteiger partial charge is 0.255 e. The van der Waals surface area contributed by atoms with Crippen LogP contribution in [0.4, 0.5) is 0 Å². The lowest BCUT2D eigenvalue weighted by molar-refractivity contribution is -0.133. The van der Waals surface area contributed by atoms with Crippen LogP contribution in [0.2, 0.25) is 0 Å². The number of nitrogens with zero attached hydrogens (tertiary/aromatic N) is 1. The number of para-hydroxylation sites is 1. The van der Waals surface area contributed by atoms with Crippen LogP contribution in [0.5, 0.6) is 5.75 Å². The van der Waals surface area contributed by atoms with E-state index in [1.165, 1.54) is 4.90 Å². The predicted octanol–water partition coefficient (Wildman–Crippen LogP) is 2.86. The second-order valence-electron chi connectivity index (χ2n) is 11.3. The van der Waals surface area contributed by atoms with E-state index < -0.39 is 18.1 Å². The molecule has 0 aliphatic carbocycles. The number of halogens is 1. The first kappa shape index (κ1) is 38.6. The Labute approximate surface area is 252 Å². The molecule has 5 N–H and O–H groups in total. The van der Waals surface area contributed by atoms with E-state index in [1.54, 1.807) is 39.4 Å². The van der Waals surface area contributed by atoms with E-state index >= 15 is 0 Å². The molecule has 11 heteroatoms. The minimum absolute atomic E-state index is 0. The molecule has 0 bridgehead atoms. The highest BCUT2D eigenvalue weighted by molar-refractivity contribution is 5.96. The van der Waals surface area contributed by atoms with Gasteiger partial charge in [0.15, 0.2) is 0 Å². The maximum absolute atomic E-state index is 13.0. The van der Waals surface area contributed by atoms with Gasteiger partial charge in [0.2, 0.25) is 11.8 Å². The lowest BCUT2D eigenvalue weighted by atomic mass is 9.83. The van der Waals surface area contributed by atoms with Gasteiger partial charge in [0.05, 0.1) is 24.8 Å². The molecule has 0 aromatic heterocycles. The fourth-order valence-electron chi connectivity index (χ4n) is 4.30. The van der Waals surface area contributed by atoms with Crippen molar-refractivity contribution in [3.05, 3.63) is 29.8 Å². The topological polar surface area (TPSA) is 143 Å². The molecule has 4 atom stereocenters. The molecule has 3 amide bonds. The zero-order chi connectivity index (χ0) is 30.2. The lowest BCUT2D eigenvalue weighted by Crippen LogP contribution is -2.45. The number of aliphatic hydroxyl groups excluding tert-OH is 1. The number of ether oxygens (including phenoxy) is 2. The van der Waals surface area contributed by atoms with Crippen LogP contribution in [-0.2, 0) is 14.3 Å². The van der Waals surface area contributed by atoms with Crippen LogP contribution in [-0.4, -0.2) is 87.4 Å². The third-order valence-electron chi connectivity index (χ3n) is 7.22. The number of carbonyl (C=O) groups excluding carboxylic acids is 3. The van der Waals surface area contributed by atoms with Crippen LogP contribution >= 0.6 is 12.4 Å². The van der Waals surface area contributed by atoms with Crippen molar-refractivity contribution in [1.29, 1.82) is 0 Å². The number of hydrogen-bond donors (Lipinski definition) is 4. The van der Waals surface area contributed by atoms with Crippen molar-refractivity contribution in [2.75, 3.05) is 47.5 Å². The summed E-state index contributed by atoms with van der Waals surface area (Å²) in [5.74, 6) is -0.480. The summed E-state index contributed by atoms with van der Waals surface area (Å²) in [5.41, 5.74) is 6.89. The van der Waals surface area contributed by atoms with Gasteiger partial charge in [0.25, 0.3) is 5.91 Å². The van der Waals surface area contributed by atoms with Crippen molar-refractivity contribution in [3.63, 3.8) is 0 Å². The first-order valence-corrected chi connectivity index (χ1v) is 14.3. The summed E-state index contributed by atoms with van der Waals surface area (Å²) in [6.07, 6.45) is 1.46. The average Bonchev–Trinajstić information content (AvgIpc) is 2.91. The van der Waals surface area contributed by atoms with Gasteiger partial charge in [-0.3, -0.25) is 14.4 Å². The van der Waals surface area contributed by atoms with Gasteiger partial charge in [-0.1, -0.05) is 39.8 Å². The molecule has 0 radical (unpaired) electrons. The third kappa shape index (κ3) is 14.4. The van der Waals surface area contributed by atoms with Gasteiger partial charge >= 0.3 is 0 Å². The molecule has 0 unspecified atom stereocenters. The Morgan fingerprint density at radius 3 is 2.20 bits per heavy atom. The highest BCUT2D eigenvalue weighted by Crippen LogP contribution is 2.24. The van der Waals surface area contributed by atoms with Crippen molar-refractivity contribution < 1.29 is 29.0 Å². The lowest BCUT2D eigenvalue weighted by Gasteiger charge is -2.30. The van der Waals surface area contributed by atoms with E-state index in [4.69, 9.17) is 15.2 Å². The maximum Gasteiger partial charge on any atom is 0.255 e. The van der Waals surface area contributed by atoms with Crippen LogP contribution in [0.3, 0.4) is 0 Å². The van der Waals surface area contributed by atoms with E-state index in [9.17, 15) is 19.5 Å². The minimum atomic E-state index is -0.910. The standard InChI is InChI=1S/C30H52N4O6.ClH/c1-20(2)22(18-32-29(37)23-12-8-9-13-27(23)40-15-11-10-14-39-7)16-25(31)26(35)17-24(21(3)4)30(38)33-19-28(36)34(5)6;/h8-9,12-13,20-22,24-26,35H,10-11,14-19,31H2,1-7H3,(H,32,37)(H,33,38);1H/t22-,24+,25-,26-;/m0./s1. The zero-order valence-corrected chi connectivity index (χ0v) is 26.7. The summed E-state index contributed by atoms with van der Waals surface area (Å²) >= 11 is 0. The van der Waals surface area contributed by atoms with Crippen LogP contribution in [0.15, 0.2) is 24.3 Å². The summed E-state index contributed by atoms with van der Waals surface area (Å²) in [7, 11) is 4.92. The van der Waals surface area contributed by atoms with E-state index in [2.05, 4.69) is 24.5 Å². The molecular formula is C30H53ClN4O6. The van der Waals surface area contributed by atoms with Crippen LogP contribution < -0.4 is 21.1 Å². The first-order valence-electron chi connectivity index (χ1n) is 14.3. The molecule has 0 aliphatic heterocycles. The normalized spacial score (nSPS) is 14.0. The van der Waals surface area contributed by atoms with Gasteiger partial charge in [0, 0.05) is 46.3 Å². The number of nitrogens with two attached hydrogens (primary N) is 1. The van der Waals surface area contributed by atoms with Gasteiger partial charge in [-0.2, -0.15) is 0 Å². The number of hydrogen-bond acceptors (Lipinski definition) is 7. The Bertz CT molecular complexity index is 915. The fourth-order valence-corrected chi connectivity index (χ4v) is 4.30. The Balaban J connectivity index is 0.0000160. The zero-order valence-electron chi connectivity index (χ0n) is 25.9. The monoisotopic (exact) mass is 600 g/mol. The van der Waals surface area contributed by atoms with Gasteiger partial charge in [0.1, 0.15) is 5.75 Å². The molecule has 1 aromatic carbocycles. The summed E-state index contributed by atoms with van der Waals surface area (Å²) in [4.78, 5) is 39.1. The van der Waals surface area contributed by atoms with Gasteiger partial charge in [-0.15, -0.1) is 12.4 Å². The van der Waals surface area contributed by atoms with E-state index in [1.807, 2.05) is 19.9 Å². The average molecular weight is 601 g/mol.